The Morgan fingerprint density at radius 2 is 1.97 bits per heavy atom. The summed E-state index contributed by atoms with van der Waals surface area (Å²) in [7, 11) is 1.80. The number of nitrogens with zero attached hydrogens (tertiary/aromatic N) is 4. The summed E-state index contributed by atoms with van der Waals surface area (Å²) in [6.45, 7) is 3.41. The van der Waals surface area contributed by atoms with Crippen LogP contribution in [0.15, 0.2) is 35.1 Å². The van der Waals surface area contributed by atoms with Gasteiger partial charge in [-0.05, 0) is 31.5 Å². The Labute approximate surface area is 191 Å². The minimum atomic E-state index is -4.55. The molecule has 1 aromatic carbocycles. The fourth-order valence-electron chi connectivity index (χ4n) is 3.45. The third-order valence-corrected chi connectivity index (χ3v) is 5.20. The van der Waals surface area contributed by atoms with E-state index >= 15 is 0 Å². The van der Waals surface area contributed by atoms with Gasteiger partial charge in [0.15, 0.2) is 0 Å². The van der Waals surface area contributed by atoms with Crippen molar-refractivity contribution in [3.63, 3.8) is 0 Å². The lowest BCUT2D eigenvalue weighted by molar-refractivity contribution is -0.138. The van der Waals surface area contributed by atoms with Gasteiger partial charge in [-0.3, -0.25) is 9.59 Å². The molecule has 0 saturated heterocycles. The van der Waals surface area contributed by atoms with Crippen LogP contribution in [0.25, 0.3) is 0 Å². The lowest BCUT2D eigenvalue weighted by Crippen LogP contribution is -2.28. The number of hydrogen-bond acceptors (Lipinski definition) is 8. The lowest BCUT2D eigenvalue weighted by Gasteiger charge is -2.12. The molecule has 0 saturated carbocycles. The van der Waals surface area contributed by atoms with Crippen LogP contribution in [0.4, 0.5) is 24.7 Å². The number of fused-ring (bicyclic) bond motifs is 1. The average Bonchev–Trinajstić information content (AvgIpc) is 3.40. The Morgan fingerprint density at radius 1 is 1.21 bits per heavy atom. The van der Waals surface area contributed by atoms with Crippen molar-refractivity contribution in [1.29, 1.82) is 0 Å². The number of carbonyl (C=O) groups excluding carboxylic acids is 2. The standard InChI is InChI=1S/C21H20F3N7O3/c1-10-4-5-12(6-14(10)21(22,23)24)28-19(32)16-7-15(30-34-16)11(2)27-20(33)17-13-8-31(3)29-18(13)26-9-25-17/h4-7,9,11H,8H2,1-3H3,(H,27,33)(H,28,32)(H,25,26,29)/t11-/m1/s1. The number of amides is 2. The summed E-state index contributed by atoms with van der Waals surface area (Å²) in [5.41, 5.74) is 3.24. The van der Waals surface area contributed by atoms with E-state index in [1.165, 1.54) is 31.5 Å². The summed E-state index contributed by atoms with van der Waals surface area (Å²) >= 11 is 0. The molecule has 0 radical (unpaired) electrons. The van der Waals surface area contributed by atoms with Gasteiger partial charge in [0, 0.05) is 30.9 Å². The highest BCUT2D eigenvalue weighted by Crippen LogP contribution is 2.33. The number of aryl methyl sites for hydroxylation is 1. The molecule has 0 aliphatic carbocycles. The maximum atomic E-state index is 13.1. The largest absolute Gasteiger partial charge is 0.416 e. The molecule has 10 nitrogen and oxygen atoms in total. The topological polar surface area (TPSA) is 125 Å². The van der Waals surface area contributed by atoms with Gasteiger partial charge in [0.25, 0.3) is 11.8 Å². The van der Waals surface area contributed by atoms with E-state index in [0.717, 1.165) is 6.07 Å². The van der Waals surface area contributed by atoms with Crippen LogP contribution in [0, 0.1) is 6.92 Å². The molecular formula is C21H20F3N7O3. The van der Waals surface area contributed by atoms with Gasteiger partial charge in [-0.25, -0.2) is 15.0 Å². The molecule has 0 spiro atoms. The van der Waals surface area contributed by atoms with Crippen molar-refractivity contribution in [3.05, 3.63) is 64.4 Å². The first-order chi connectivity index (χ1) is 16.0. The highest BCUT2D eigenvalue weighted by atomic mass is 19.4. The summed E-state index contributed by atoms with van der Waals surface area (Å²) in [4.78, 5) is 33.4. The van der Waals surface area contributed by atoms with Gasteiger partial charge in [-0.2, -0.15) is 13.2 Å². The van der Waals surface area contributed by atoms with Crippen LogP contribution >= 0.6 is 0 Å². The number of halogens is 3. The molecule has 0 unspecified atom stereocenters. The van der Waals surface area contributed by atoms with Gasteiger partial charge in [0.05, 0.1) is 11.6 Å². The first-order valence-electron chi connectivity index (χ1n) is 10.1. The van der Waals surface area contributed by atoms with Crippen LogP contribution in [0.2, 0.25) is 0 Å². The molecule has 0 bridgehead atoms. The molecular weight excluding hydrogens is 455 g/mol. The number of anilines is 2. The van der Waals surface area contributed by atoms with Crippen molar-refractivity contribution in [2.45, 2.75) is 32.6 Å². The SMILES string of the molecule is Cc1ccc(NC(=O)c2cc([C@@H](C)NC(=O)c3ncnc4c3CN(C)N4)no2)cc1C(F)(F)F. The summed E-state index contributed by atoms with van der Waals surface area (Å²) in [5.74, 6) is -0.923. The van der Waals surface area contributed by atoms with E-state index < -0.39 is 29.6 Å². The zero-order chi connectivity index (χ0) is 24.6. The van der Waals surface area contributed by atoms with Crippen LogP contribution < -0.4 is 16.1 Å². The van der Waals surface area contributed by atoms with E-state index in [4.69, 9.17) is 4.52 Å². The Hall–Kier alpha value is -4.00. The van der Waals surface area contributed by atoms with Crippen molar-refractivity contribution < 1.29 is 27.3 Å². The number of hydrogen-bond donors (Lipinski definition) is 3. The van der Waals surface area contributed by atoms with Gasteiger partial charge in [-0.15, -0.1) is 0 Å². The second-order valence-electron chi connectivity index (χ2n) is 7.81. The van der Waals surface area contributed by atoms with Crippen molar-refractivity contribution in [2.24, 2.45) is 0 Å². The Balaban J connectivity index is 1.44. The predicted octanol–water partition coefficient (Wildman–Crippen LogP) is 3.31. The Bertz CT molecular complexity index is 1260. The fraction of sp³-hybridized carbons (Fsp3) is 0.286. The van der Waals surface area contributed by atoms with E-state index in [0.29, 0.717) is 17.9 Å². The average molecular weight is 475 g/mol. The molecule has 2 aromatic heterocycles. The number of benzene rings is 1. The van der Waals surface area contributed by atoms with E-state index in [-0.39, 0.29) is 28.4 Å². The first-order valence-corrected chi connectivity index (χ1v) is 10.1. The van der Waals surface area contributed by atoms with Crippen molar-refractivity contribution in [1.82, 2.24) is 25.5 Å². The van der Waals surface area contributed by atoms with E-state index in [1.807, 2.05) is 0 Å². The van der Waals surface area contributed by atoms with E-state index in [9.17, 15) is 22.8 Å². The fourth-order valence-corrected chi connectivity index (χ4v) is 3.45. The van der Waals surface area contributed by atoms with Crippen LogP contribution in [-0.4, -0.2) is 39.0 Å². The summed E-state index contributed by atoms with van der Waals surface area (Å²) < 4.78 is 44.4. The predicted molar refractivity (Wildman–Crippen MR) is 114 cm³/mol. The van der Waals surface area contributed by atoms with Gasteiger partial charge in [0.2, 0.25) is 5.76 Å². The molecule has 4 rings (SSSR count). The minimum absolute atomic E-state index is 0.0359. The smallest absolute Gasteiger partial charge is 0.351 e. The van der Waals surface area contributed by atoms with Crippen LogP contribution in [-0.2, 0) is 12.7 Å². The van der Waals surface area contributed by atoms with Crippen molar-refractivity contribution in [2.75, 3.05) is 17.8 Å². The zero-order valence-corrected chi connectivity index (χ0v) is 18.3. The normalized spacial score (nSPS) is 14.3. The number of carbonyl (C=O) groups is 2. The van der Waals surface area contributed by atoms with Crippen LogP contribution in [0.3, 0.4) is 0 Å². The monoisotopic (exact) mass is 475 g/mol. The highest BCUT2D eigenvalue weighted by Gasteiger charge is 2.33. The minimum Gasteiger partial charge on any atom is -0.351 e. The molecule has 1 atom stereocenters. The molecule has 13 heteroatoms. The molecule has 1 aliphatic heterocycles. The second kappa shape index (κ2) is 8.74. The third-order valence-electron chi connectivity index (χ3n) is 5.20. The zero-order valence-electron chi connectivity index (χ0n) is 18.3. The van der Waals surface area contributed by atoms with E-state index in [2.05, 4.69) is 31.2 Å². The van der Waals surface area contributed by atoms with Crippen molar-refractivity contribution >= 4 is 23.3 Å². The van der Waals surface area contributed by atoms with E-state index in [1.54, 1.807) is 19.0 Å². The Morgan fingerprint density at radius 3 is 2.71 bits per heavy atom. The summed E-state index contributed by atoms with van der Waals surface area (Å²) in [5, 5.41) is 10.7. The summed E-state index contributed by atoms with van der Waals surface area (Å²) in [6, 6.07) is 4.12. The molecule has 178 valence electrons. The molecule has 0 fully saturated rings. The molecule has 3 aromatic rings. The quantitative estimate of drug-likeness (QED) is 0.513. The highest BCUT2D eigenvalue weighted by molar-refractivity contribution is 6.02. The maximum Gasteiger partial charge on any atom is 0.416 e. The summed E-state index contributed by atoms with van der Waals surface area (Å²) in [6.07, 6.45) is -3.27. The maximum absolute atomic E-state index is 13.1. The van der Waals surface area contributed by atoms with Crippen LogP contribution in [0.1, 0.15) is 56.4 Å². The Kier molecular flexibility index (Phi) is 5.96. The lowest BCUT2D eigenvalue weighted by atomic mass is 10.1. The van der Waals surface area contributed by atoms with Gasteiger partial charge >= 0.3 is 6.18 Å². The first kappa shape index (κ1) is 23.2. The van der Waals surface area contributed by atoms with Crippen molar-refractivity contribution in [3.8, 4) is 0 Å². The number of rotatable bonds is 5. The van der Waals surface area contributed by atoms with Crippen LogP contribution in [0.5, 0.6) is 0 Å². The molecule has 34 heavy (non-hydrogen) atoms. The molecule has 3 N–H and O–H groups in total. The second-order valence-corrected chi connectivity index (χ2v) is 7.81. The number of aromatic nitrogens is 3. The van der Waals surface area contributed by atoms with Gasteiger partial charge < -0.3 is 20.6 Å². The number of hydrazine groups is 1. The molecule has 3 heterocycles. The third kappa shape index (κ3) is 4.69. The molecule has 1 aliphatic rings. The molecule has 2 amide bonds. The van der Waals surface area contributed by atoms with Gasteiger partial charge in [-0.1, -0.05) is 11.2 Å². The number of alkyl halides is 3. The van der Waals surface area contributed by atoms with Gasteiger partial charge in [0.1, 0.15) is 23.5 Å². The number of nitrogens with one attached hydrogen (secondary N) is 3.